The summed E-state index contributed by atoms with van der Waals surface area (Å²) < 4.78 is 17.8. The van der Waals surface area contributed by atoms with Gasteiger partial charge in [-0.15, -0.1) is 0 Å². The molecular weight excluding hydrogens is 371 g/mol. The number of aliphatic hydroxyl groups excluding tert-OH is 1. The molecule has 0 aromatic carbocycles. The zero-order valence-corrected chi connectivity index (χ0v) is 17.8. The quantitative estimate of drug-likeness (QED) is 0.738. The molecule has 0 saturated carbocycles. The predicted octanol–water partition coefficient (Wildman–Crippen LogP) is 1.14. The number of ether oxygens (including phenoxy) is 1. The normalized spacial score (nSPS) is 28.1. The van der Waals surface area contributed by atoms with E-state index in [1.54, 1.807) is 0 Å². The molecule has 8 heteroatoms. The molecule has 2 saturated heterocycles. The lowest BCUT2D eigenvalue weighted by molar-refractivity contribution is -0.0261. The third kappa shape index (κ3) is 3.95. The first-order valence-corrected chi connectivity index (χ1v) is 10.6. The van der Waals surface area contributed by atoms with Gasteiger partial charge in [-0.2, -0.15) is 0 Å². The molecule has 2 N–H and O–H groups in total. The minimum atomic E-state index is -0.701. The number of pyridine rings is 1. The Morgan fingerprint density at radius 1 is 1.21 bits per heavy atom. The van der Waals surface area contributed by atoms with Gasteiger partial charge in [-0.25, -0.2) is 4.98 Å². The number of carbonyl (C=O) groups excluding carboxylic acids is 1. The minimum absolute atomic E-state index is 0.238. The first-order chi connectivity index (χ1) is 13.7. The number of fused-ring (bicyclic) bond motifs is 1. The van der Waals surface area contributed by atoms with Crippen LogP contribution in [-0.4, -0.2) is 59.7 Å². The lowest BCUT2D eigenvalue weighted by Gasteiger charge is -2.32. The van der Waals surface area contributed by atoms with Crippen molar-refractivity contribution < 1.29 is 23.9 Å². The Kier molecular flexibility index (Phi) is 5.48. The maximum absolute atomic E-state index is 13.0. The summed E-state index contributed by atoms with van der Waals surface area (Å²) in [6.07, 6.45) is 3.81. The molecule has 158 valence electrons. The molecule has 2 atom stereocenters. The van der Waals surface area contributed by atoms with E-state index in [-0.39, 0.29) is 18.6 Å². The van der Waals surface area contributed by atoms with Gasteiger partial charge in [-0.05, 0) is 76.9 Å². The van der Waals surface area contributed by atoms with E-state index in [2.05, 4.69) is 10.3 Å². The summed E-state index contributed by atoms with van der Waals surface area (Å²) in [6.45, 7) is 8.88. The van der Waals surface area contributed by atoms with E-state index in [0.29, 0.717) is 18.7 Å². The molecular formula is C21H31BN2O5. The second kappa shape index (κ2) is 7.65. The smallest absolute Gasteiger partial charge is 0.399 e. The molecule has 4 rings (SSSR count). The van der Waals surface area contributed by atoms with Gasteiger partial charge in [-0.3, -0.25) is 4.79 Å². The van der Waals surface area contributed by atoms with Crippen LogP contribution in [0.15, 0.2) is 6.07 Å². The van der Waals surface area contributed by atoms with Gasteiger partial charge < -0.3 is 24.5 Å². The first-order valence-electron chi connectivity index (χ1n) is 10.6. The molecule has 1 amide bonds. The predicted molar refractivity (Wildman–Crippen MR) is 109 cm³/mol. The molecule has 29 heavy (non-hydrogen) atoms. The zero-order valence-electron chi connectivity index (χ0n) is 17.8. The van der Waals surface area contributed by atoms with Crippen molar-refractivity contribution >= 4 is 18.5 Å². The summed E-state index contributed by atoms with van der Waals surface area (Å²) in [5.74, 6) is -0.276. The maximum atomic E-state index is 13.0. The van der Waals surface area contributed by atoms with E-state index in [4.69, 9.17) is 14.0 Å². The number of amides is 1. The third-order valence-corrected chi connectivity index (χ3v) is 6.72. The molecule has 1 aliphatic carbocycles. The average Bonchev–Trinajstić information content (AvgIpc) is 2.90. The number of aromatic nitrogens is 1. The van der Waals surface area contributed by atoms with Crippen molar-refractivity contribution in [2.45, 2.75) is 83.1 Å². The Morgan fingerprint density at radius 2 is 1.90 bits per heavy atom. The van der Waals surface area contributed by atoms with Gasteiger partial charge in [0, 0.05) is 12.3 Å². The van der Waals surface area contributed by atoms with E-state index in [9.17, 15) is 9.90 Å². The Hall–Kier alpha value is -1.48. The number of aliphatic hydroxyl groups is 1. The zero-order chi connectivity index (χ0) is 20.8. The van der Waals surface area contributed by atoms with E-state index in [0.717, 1.165) is 42.4 Å². The van der Waals surface area contributed by atoms with Crippen LogP contribution < -0.4 is 10.8 Å². The average molecular weight is 402 g/mol. The molecule has 1 aromatic heterocycles. The number of nitrogens with one attached hydrogen (secondary N) is 1. The Bertz CT molecular complexity index is 782. The van der Waals surface area contributed by atoms with Gasteiger partial charge in [0.05, 0.1) is 30.0 Å². The number of aryl methyl sites for hydroxylation is 1. The van der Waals surface area contributed by atoms with Crippen LogP contribution in [0.2, 0.25) is 0 Å². The lowest BCUT2D eigenvalue weighted by atomic mass is 9.72. The second-order valence-corrected chi connectivity index (χ2v) is 9.33. The lowest BCUT2D eigenvalue weighted by Crippen LogP contribution is -2.49. The molecule has 2 aliphatic heterocycles. The van der Waals surface area contributed by atoms with Gasteiger partial charge in [0.1, 0.15) is 5.69 Å². The largest absolute Gasteiger partial charge is 0.495 e. The summed E-state index contributed by atoms with van der Waals surface area (Å²) in [6, 6.07) is 1.49. The van der Waals surface area contributed by atoms with E-state index in [1.807, 2.05) is 33.8 Å². The van der Waals surface area contributed by atoms with Crippen LogP contribution in [0.3, 0.4) is 0 Å². The van der Waals surface area contributed by atoms with Crippen LogP contribution in [0.5, 0.6) is 0 Å². The van der Waals surface area contributed by atoms with E-state index >= 15 is 0 Å². The van der Waals surface area contributed by atoms with Crippen molar-refractivity contribution in [3.8, 4) is 0 Å². The number of nitrogens with zero attached hydrogens (tertiary/aromatic N) is 1. The molecule has 2 fully saturated rings. The van der Waals surface area contributed by atoms with Crippen LogP contribution in [0.1, 0.15) is 68.7 Å². The van der Waals surface area contributed by atoms with E-state index in [1.165, 1.54) is 0 Å². The van der Waals surface area contributed by atoms with Crippen molar-refractivity contribution in [3.05, 3.63) is 23.0 Å². The van der Waals surface area contributed by atoms with Crippen molar-refractivity contribution in [1.29, 1.82) is 0 Å². The summed E-state index contributed by atoms with van der Waals surface area (Å²) in [4.78, 5) is 17.6. The molecule has 0 bridgehead atoms. The fraction of sp³-hybridized carbons (Fsp3) is 0.714. The minimum Gasteiger partial charge on any atom is -0.399 e. The number of hydrogen-bond donors (Lipinski definition) is 2. The number of carbonyl (C=O) groups is 1. The highest BCUT2D eigenvalue weighted by Gasteiger charge is 2.52. The molecule has 3 heterocycles. The third-order valence-electron chi connectivity index (χ3n) is 6.72. The van der Waals surface area contributed by atoms with Crippen molar-refractivity contribution in [2.75, 3.05) is 13.2 Å². The van der Waals surface area contributed by atoms with Gasteiger partial charge in [0.25, 0.3) is 5.91 Å². The van der Waals surface area contributed by atoms with Crippen molar-refractivity contribution in [2.24, 2.45) is 0 Å². The summed E-state index contributed by atoms with van der Waals surface area (Å²) in [5, 5.41) is 13.0. The van der Waals surface area contributed by atoms with Gasteiger partial charge in [-0.1, -0.05) is 0 Å². The van der Waals surface area contributed by atoms with Crippen LogP contribution in [0.4, 0.5) is 0 Å². The molecule has 7 nitrogen and oxygen atoms in total. The van der Waals surface area contributed by atoms with Gasteiger partial charge >= 0.3 is 7.12 Å². The highest BCUT2D eigenvalue weighted by molar-refractivity contribution is 6.62. The van der Waals surface area contributed by atoms with Crippen molar-refractivity contribution in [1.82, 2.24) is 10.3 Å². The second-order valence-electron chi connectivity index (χ2n) is 9.33. The Morgan fingerprint density at radius 3 is 2.59 bits per heavy atom. The summed E-state index contributed by atoms with van der Waals surface area (Å²) in [5.41, 5.74) is 2.48. The van der Waals surface area contributed by atoms with Crippen molar-refractivity contribution in [3.63, 3.8) is 0 Å². The monoisotopic (exact) mass is 402 g/mol. The topological polar surface area (TPSA) is 89.9 Å². The number of hydrogen-bond acceptors (Lipinski definition) is 6. The molecule has 0 radical (unpaired) electrons. The Labute approximate surface area is 172 Å². The fourth-order valence-electron chi connectivity index (χ4n) is 4.17. The van der Waals surface area contributed by atoms with Crippen LogP contribution in [0, 0.1) is 0 Å². The highest BCUT2D eigenvalue weighted by Crippen LogP contribution is 2.37. The SMILES string of the molecule is CC1(C)OB(c2cc(C(=O)N[C@H]3CCOC[C@@H]3O)nc3c2CCCC3)OC1(C)C. The van der Waals surface area contributed by atoms with Gasteiger partial charge in [0.15, 0.2) is 0 Å². The molecule has 0 unspecified atom stereocenters. The van der Waals surface area contributed by atoms with Crippen LogP contribution in [0.25, 0.3) is 0 Å². The molecule has 1 aromatic rings. The standard InChI is InChI=1S/C21H31BN2O5/c1-20(2)21(3,4)29-22(28-20)14-11-17(23-15-8-6-5-7-13(14)15)19(26)24-16-9-10-27-12-18(16)25/h11,16,18,25H,5-10,12H2,1-4H3,(H,24,26)/t16-,18-/m0/s1. The van der Waals surface area contributed by atoms with Gasteiger partial charge in [0.2, 0.25) is 0 Å². The Balaban J connectivity index is 1.64. The highest BCUT2D eigenvalue weighted by atomic mass is 16.7. The molecule has 3 aliphatic rings. The summed E-state index contributed by atoms with van der Waals surface area (Å²) in [7, 11) is -0.518. The van der Waals surface area contributed by atoms with Crippen LogP contribution in [-0.2, 0) is 26.9 Å². The number of rotatable bonds is 3. The fourth-order valence-corrected chi connectivity index (χ4v) is 4.17. The molecule has 0 spiro atoms. The maximum Gasteiger partial charge on any atom is 0.495 e. The van der Waals surface area contributed by atoms with E-state index < -0.39 is 24.4 Å². The summed E-state index contributed by atoms with van der Waals surface area (Å²) >= 11 is 0. The first kappa shape index (κ1) is 20.8. The van der Waals surface area contributed by atoms with Crippen LogP contribution >= 0.6 is 0 Å².